The van der Waals surface area contributed by atoms with Gasteiger partial charge in [-0.1, -0.05) is 18.2 Å². The van der Waals surface area contributed by atoms with E-state index in [4.69, 9.17) is 0 Å². The standard InChI is InChI=1S/C22H34N4O2/c1-17-4-3-5-18(2)22(17)24-20(27)16-25-12-14-26(15-13-25)21(28)7-6-19-8-10-23-11-9-19/h3-5,19,23H,6-16H2,1-2H3,(H,24,27). The third kappa shape index (κ3) is 5.79. The highest BCUT2D eigenvalue weighted by Crippen LogP contribution is 2.20. The van der Waals surface area contributed by atoms with Crippen LogP contribution in [0.4, 0.5) is 5.69 Å². The summed E-state index contributed by atoms with van der Waals surface area (Å²) >= 11 is 0. The molecule has 2 aliphatic rings. The smallest absolute Gasteiger partial charge is 0.238 e. The molecule has 2 saturated heterocycles. The maximum absolute atomic E-state index is 12.5. The average Bonchev–Trinajstić information content (AvgIpc) is 2.70. The second-order valence-electron chi connectivity index (χ2n) is 8.20. The van der Waals surface area contributed by atoms with Crippen LogP contribution in [0.3, 0.4) is 0 Å². The molecule has 6 nitrogen and oxygen atoms in total. The zero-order valence-electron chi connectivity index (χ0n) is 17.3. The molecule has 0 bridgehead atoms. The molecule has 1 aromatic rings. The number of carbonyl (C=O) groups excluding carboxylic acids is 2. The summed E-state index contributed by atoms with van der Waals surface area (Å²) in [6, 6.07) is 6.02. The third-order valence-electron chi connectivity index (χ3n) is 6.06. The molecular formula is C22H34N4O2. The maximum atomic E-state index is 12.5. The van der Waals surface area contributed by atoms with Crippen molar-refractivity contribution in [2.75, 3.05) is 51.1 Å². The molecule has 154 valence electrons. The second-order valence-corrected chi connectivity index (χ2v) is 8.20. The van der Waals surface area contributed by atoms with Crippen molar-refractivity contribution in [1.82, 2.24) is 15.1 Å². The lowest BCUT2D eigenvalue weighted by atomic mass is 9.93. The number of rotatable bonds is 6. The predicted octanol–water partition coefficient (Wildman–Crippen LogP) is 2.17. The zero-order valence-corrected chi connectivity index (χ0v) is 17.3. The average molecular weight is 387 g/mol. The van der Waals surface area contributed by atoms with Crippen molar-refractivity contribution in [3.8, 4) is 0 Å². The molecule has 0 aliphatic carbocycles. The van der Waals surface area contributed by atoms with E-state index in [0.29, 0.717) is 18.9 Å². The number of hydrogen-bond donors (Lipinski definition) is 2. The van der Waals surface area contributed by atoms with E-state index >= 15 is 0 Å². The Balaban J connectivity index is 1.38. The molecule has 0 saturated carbocycles. The molecule has 0 radical (unpaired) electrons. The van der Waals surface area contributed by atoms with Gasteiger partial charge in [-0.15, -0.1) is 0 Å². The Morgan fingerprint density at radius 2 is 1.71 bits per heavy atom. The van der Waals surface area contributed by atoms with Crippen molar-refractivity contribution in [3.05, 3.63) is 29.3 Å². The highest BCUT2D eigenvalue weighted by molar-refractivity contribution is 5.93. The molecule has 2 fully saturated rings. The molecule has 6 heteroatoms. The molecule has 0 spiro atoms. The summed E-state index contributed by atoms with van der Waals surface area (Å²) in [5.74, 6) is 0.987. The SMILES string of the molecule is Cc1cccc(C)c1NC(=O)CN1CCN(C(=O)CCC2CCNCC2)CC1. The first kappa shape index (κ1) is 20.8. The van der Waals surface area contributed by atoms with Crippen molar-refractivity contribution >= 4 is 17.5 Å². The minimum absolute atomic E-state index is 0.0167. The van der Waals surface area contributed by atoms with Crippen LogP contribution >= 0.6 is 0 Å². The van der Waals surface area contributed by atoms with Crippen molar-refractivity contribution in [1.29, 1.82) is 0 Å². The van der Waals surface area contributed by atoms with E-state index in [0.717, 1.165) is 62.5 Å². The van der Waals surface area contributed by atoms with Crippen LogP contribution in [0.2, 0.25) is 0 Å². The van der Waals surface area contributed by atoms with Gasteiger partial charge in [0.1, 0.15) is 0 Å². The number of amides is 2. The number of para-hydroxylation sites is 1. The molecule has 0 unspecified atom stereocenters. The minimum Gasteiger partial charge on any atom is -0.340 e. The van der Waals surface area contributed by atoms with Gasteiger partial charge in [-0.05, 0) is 63.2 Å². The number of piperazine rings is 1. The van der Waals surface area contributed by atoms with E-state index in [-0.39, 0.29) is 11.8 Å². The normalized spacial score (nSPS) is 18.9. The van der Waals surface area contributed by atoms with Crippen LogP contribution < -0.4 is 10.6 Å². The monoisotopic (exact) mass is 386 g/mol. The highest BCUT2D eigenvalue weighted by Gasteiger charge is 2.23. The van der Waals surface area contributed by atoms with Crippen LogP contribution in [-0.2, 0) is 9.59 Å². The third-order valence-corrected chi connectivity index (χ3v) is 6.06. The predicted molar refractivity (Wildman–Crippen MR) is 112 cm³/mol. The number of nitrogens with zero attached hydrogens (tertiary/aromatic N) is 2. The lowest BCUT2D eigenvalue weighted by Crippen LogP contribution is -2.50. The van der Waals surface area contributed by atoms with Crippen molar-refractivity contribution in [3.63, 3.8) is 0 Å². The van der Waals surface area contributed by atoms with Gasteiger partial charge in [-0.3, -0.25) is 14.5 Å². The second kappa shape index (κ2) is 10.0. The van der Waals surface area contributed by atoms with Gasteiger partial charge in [0.05, 0.1) is 6.54 Å². The number of carbonyl (C=O) groups is 2. The molecule has 1 aromatic carbocycles. The van der Waals surface area contributed by atoms with Crippen molar-refractivity contribution in [2.24, 2.45) is 5.92 Å². The molecule has 3 rings (SSSR count). The summed E-state index contributed by atoms with van der Waals surface area (Å²) in [6.45, 7) is 9.55. The van der Waals surface area contributed by atoms with E-state index in [2.05, 4.69) is 15.5 Å². The van der Waals surface area contributed by atoms with Crippen LogP contribution in [0.5, 0.6) is 0 Å². The van der Waals surface area contributed by atoms with Gasteiger partial charge in [0.25, 0.3) is 0 Å². The lowest BCUT2D eigenvalue weighted by Gasteiger charge is -2.34. The number of nitrogens with one attached hydrogen (secondary N) is 2. The van der Waals surface area contributed by atoms with E-state index < -0.39 is 0 Å². The van der Waals surface area contributed by atoms with E-state index in [9.17, 15) is 9.59 Å². The summed E-state index contributed by atoms with van der Waals surface area (Å²) in [5, 5.41) is 6.42. The van der Waals surface area contributed by atoms with Gasteiger partial charge in [0, 0.05) is 38.3 Å². The summed E-state index contributed by atoms with van der Waals surface area (Å²) < 4.78 is 0. The number of aryl methyl sites for hydroxylation is 2. The van der Waals surface area contributed by atoms with Crippen LogP contribution in [-0.4, -0.2) is 67.4 Å². The zero-order chi connectivity index (χ0) is 19.9. The highest BCUT2D eigenvalue weighted by atomic mass is 16.2. The first-order valence-electron chi connectivity index (χ1n) is 10.6. The Morgan fingerprint density at radius 1 is 1.07 bits per heavy atom. The molecule has 2 N–H and O–H groups in total. The van der Waals surface area contributed by atoms with Gasteiger partial charge in [0.15, 0.2) is 0 Å². The Bertz CT molecular complexity index is 657. The molecule has 0 atom stereocenters. The number of anilines is 1. The Hall–Kier alpha value is -1.92. The van der Waals surface area contributed by atoms with E-state index in [1.807, 2.05) is 36.9 Å². The van der Waals surface area contributed by atoms with Gasteiger partial charge in [-0.2, -0.15) is 0 Å². The van der Waals surface area contributed by atoms with Crippen molar-refractivity contribution < 1.29 is 9.59 Å². The molecular weight excluding hydrogens is 352 g/mol. The Morgan fingerprint density at radius 3 is 2.36 bits per heavy atom. The van der Waals surface area contributed by atoms with Crippen LogP contribution in [0, 0.1) is 19.8 Å². The molecule has 28 heavy (non-hydrogen) atoms. The fourth-order valence-corrected chi connectivity index (χ4v) is 4.21. The topological polar surface area (TPSA) is 64.7 Å². The molecule has 0 aromatic heterocycles. The Labute approximate surface area is 168 Å². The summed E-state index contributed by atoms with van der Waals surface area (Å²) in [6.07, 6.45) is 4.06. The largest absolute Gasteiger partial charge is 0.340 e. The van der Waals surface area contributed by atoms with Gasteiger partial charge >= 0.3 is 0 Å². The summed E-state index contributed by atoms with van der Waals surface area (Å²) in [5.41, 5.74) is 3.08. The van der Waals surface area contributed by atoms with Crippen LogP contribution in [0.25, 0.3) is 0 Å². The van der Waals surface area contributed by atoms with Crippen molar-refractivity contribution in [2.45, 2.75) is 39.5 Å². The summed E-state index contributed by atoms with van der Waals surface area (Å²) in [4.78, 5) is 29.0. The quantitative estimate of drug-likeness (QED) is 0.786. The number of piperidine rings is 1. The lowest BCUT2D eigenvalue weighted by molar-refractivity contribution is -0.133. The maximum Gasteiger partial charge on any atom is 0.238 e. The van der Waals surface area contributed by atoms with Gasteiger partial charge < -0.3 is 15.5 Å². The van der Waals surface area contributed by atoms with E-state index in [1.165, 1.54) is 12.8 Å². The summed E-state index contributed by atoms with van der Waals surface area (Å²) in [7, 11) is 0. The number of benzene rings is 1. The van der Waals surface area contributed by atoms with Crippen LogP contribution in [0.15, 0.2) is 18.2 Å². The first-order valence-corrected chi connectivity index (χ1v) is 10.6. The molecule has 2 heterocycles. The first-order chi connectivity index (χ1) is 13.5. The molecule has 2 aliphatic heterocycles. The van der Waals surface area contributed by atoms with Crippen LogP contribution in [0.1, 0.15) is 36.8 Å². The Kier molecular flexibility index (Phi) is 7.45. The van der Waals surface area contributed by atoms with Gasteiger partial charge in [-0.25, -0.2) is 0 Å². The number of hydrogen-bond acceptors (Lipinski definition) is 4. The fourth-order valence-electron chi connectivity index (χ4n) is 4.21. The fraction of sp³-hybridized carbons (Fsp3) is 0.636. The van der Waals surface area contributed by atoms with E-state index in [1.54, 1.807) is 0 Å². The van der Waals surface area contributed by atoms with Gasteiger partial charge in [0.2, 0.25) is 11.8 Å². The molecule has 2 amide bonds. The minimum atomic E-state index is 0.0167.